The van der Waals surface area contributed by atoms with E-state index in [9.17, 15) is 0 Å². The third-order valence-corrected chi connectivity index (χ3v) is 2.55. The van der Waals surface area contributed by atoms with Crippen LogP contribution in [0.3, 0.4) is 0 Å². The molecule has 2 heterocycles. The number of nitrogens with zero attached hydrogens (tertiary/aromatic N) is 3. The van der Waals surface area contributed by atoms with Crippen LogP contribution in [-0.2, 0) is 0 Å². The zero-order valence-electron chi connectivity index (χ0n) is 9.76. The third-order valence-electron chi connectivity index (χ3n) is 2.55. The van der Waals surface area contributed by atoms with E-state index < -0.39 is 0 Å². The van der Waals surface area contributed by atoms with E-state index in [0.29, 0.717) is 11.8 Å². The van der Waals surface area contributed by atoms with E-state index in [2.05, 4.69) is 14.9 Å². The molecule has 1 aliphatic rings. The molecule has 2 N–H and O–H groups in total. The smallest absolute Gasteiger partial charge is 0.228 e. The second kappa shape index (κ2) is 4.65. The molecule has 1 saturated heterocycles. The van der Waals surface area contributed by atoms with Crippen molar-refractivity contribution in [1.29, 1.82) is 0 Å². The molecule has 0 bridgehead atoms. The highest BCUT2D eigenvalue weighted by Crippen LogP contribution is 2.21. The fraction of sp³-hybridized carbons (Fsp3) is 0.636. The van der Waals surface area contributed by atoms with E-state index in [1.165, 1.54) is 0 Å². The molecule has 0 aromatic carbocycles. The van der Waals surface area contributed by atoms with Crippen LogP contribution < -0.4 is 15.4 Å². The highest BCUT2D eigenvalue weighted by atomic mass is 16.5. The largest absolute Gasteiger partial charge is 0.475 e. The Morgan fingerprint density at radius 3 is 2.94 bits per heavy atom. The molecule has 0 spiro atoms. The number of rotatable bonds is 4. The molecular weight excluding hydrogens is 204 g/mol. The number of hydrogen-bond donors (Lipinski definition) is 1. The Labute approximate surface area is 95.6 Å². The maximum atomic E-state index is 5.58. The summed E-state index contributed by atoms with van der Waals surface area (Å²) in [6, 6.07) is 1.78. The highest BCUT2D eigenvalue weighted by Gasteiger charge is 2.27. The Hall–Kier alpha value is -1.36. The normalized spacial score (nSPS) is 16.4. The van der Waals surface area contributed by atoms with Crippen molar-refractivity contribution in [3.8, 4) is 5.88 Å². The zero-order chi connectivity index (χ0) is 11.5. The summed E-state index contributed by atoms with van der Waals surface area (Å²) in [6.07, 6.45) is 1.87. The van der Waals surface area contributed by atoms with Gasteiger partial charge in [-0.25, -0.2) is 4.98 Å². The molecule has 1 fully saturated rings. The van der Waals surface area contributed by atoms with Crippen molar-refractivity contribution in [2.45, 2.75) is 20.0 Å². The summed E-state index contributed by atoms with van der Waals surface area (Å²) in [7, 11) is 0. The summed E-state index contributed by atoms with van der Waals surface area (Å²) < 4.78 is 5.52. The Morgan fingerprint density at radius 2 is 2.31 bits per heavy atom. The summed E-state index contributed by atoms with van der Waals surface area (Å²) in [5.74, 6) is 1.96. The molecule has 0 atom stereocenters. The first-order valence-corrected chi connectivity index (χ1v) is 5.63. The lowest BCUT2D eigenvalue weighted by Gasteiger charge is -2.38. The van der Waals surface area contributed by atoms with Gasteiger partial charge in [-0.2, -0.15) is 4.98 Å². The van der Waals surface area contributed by atoms with E-state index in [1.54, 1.807) is 12.3 Å². The van der Waals surface area contributed by atoms with Crippen molar-refractivity contribution < 1.29 is 4.74 Å². The molecule has 0 aliphatic carbocycles. The zero-order valence-corrected chi connectivity index (χ0v) is 9.76. The minimum atomic E-state index is 0.135. The highest BCUT2D eigenvalue weighted by molar-refractivity contribution is 5.35. The van der Waals surface area contributed by atoms with Crippen LogP contribution in [-0.4, -0.2) is 35.7 Å². The van der Waals surface area contributed by atoms with Gasteiger partial charge in [-0.3, -0.25) is 0 Å². The Morgan fingerprint density at radius 1 is 1.56 bits per heavy atom. The van der Waals surface area contributed by atoms with Crippen molar-refractivity contribution in [1.82, 2.24) is 9.97 Å². The second-order valence-corrected chi connectivity index (χ2v) is 4.37. The van der Waals surface area contributed by atoms with Gasteiger partial charge in [0.05, 0.1) is 6.10 Å². The Bertz CT molecular complexity index is 350. The first kappa shape index (κ1) is 11.1. The maximum Gasteiger partial charge on any atom is 0.228 e. The molecule has 2 rings (SSSR count). The van der Waals surface area contributed by atoms with Crippen LogP contribution in [0.2, 0.25) is 0 Å². The minimum Gasteiger partial charge on any atom is -0.475 e. The van der Waals surface area contributed by atoms with Gasteiger partial charge in [0.2, 0.25) is 11.8 Å². The van der Waals surface area contributed by atoms with Crippen LogP contribution in [0, 0.1) is 5.92 Å². The average Bonchev–Trinajstić information content (AvgIpc) is 2.15. The first-order valence-electron chi connectivity index (χ1n) is 5.63. The number of hydrogen-bond acceptors (Lipinski definition) is 5. The number of aromatic nitrogens is 2. The summed E-state index contributed by atoms with van der Waals surface area (Å²) in [5.41, 5.74) is 5.58. The lowest BCUT2D eigenvalue weighted by molar-refractivity contribution is 0.232. The van der Waals surface area contributed by atoms with E-state index >= 15 is 0 Å². The molecular formula is C11H18N4O. The summed E-state index contributed by atoms with van der Waals surface area (Å²) in [4.78, 5) is 10.7. The van der Waals surface area contributed by atoms with Gasteiger partial charge in [0.25, 0.3) is 0 Å². The van der Waals surface area contributed by atoms with E-state index in [1.807, 2.05) is 13.8 Å². The minimum absolute atomic E-state index is 0.135. The van der Waals surface area contributed by atoms with E-state index in [-0.39, 0.29) is 6.10 Å². The Kier molecular flexibility index (Phi) is 3.24. The van der Waals surface area contributed by atoms with E-state index in [0.717, 1.165) is 25.6 Å². The molecule has 16 heavy (non-hydrogen) atoms. The van der Waals surface area contributed by atoms with E-state index in [4.69, 9.17) is 10.5 Å². The molecule has 1 aromatic heterocycles. The van der Waals surface area contributed by atoms with Crippen LogP contribution >= 0.6 is 0 Å². The van der Waals surface area contributed by atoms with Crippen LogP contribution in [0.1, 0.15) is 13.8 Å². The van der Waals surface area contributed by atoms with Crippen molar-refractivity contribution in [2.24, 2.45) is 11.7 Å². The fourth-order valence-corrected chi connectivity index (χ4v) is 1.67. The number of nitrogens with two attached hydrogens (primary N) is 1. The van der Waals surface area contributed by atoms with Gasteiger partial charge in [-0.1, -0.05) is 0 Å². The second-order valence-electron chi connectivity index (χ2n) is 4.37. The summed E-state index contributed by atoms with van der Waals surface area (Å²) in [6.45, 7) is 6.59. The molecule has 88 valence electrons. The van der Waals surface area contributed by atoms with Crippen molar-refractivity contribution >= 4 is 5.95 Å². The number of anilines is 1. The van der Waals surface area contributed by atoms with Gasteiger partial charge in [-0.15, -0.1) is 0 Å². The predicted molar refractivity (Wildman–Crippen MR) is 62.6 cm³/mol. The molecule has 0 radical (unpaired) electrons. The standard InChI is InChI=1S/C11H18N4O/c1-8(2)16-10-3-4-13-11(14-10)15-6-9(5-12)7-15/h3-4,8-9H,5-7,12H2,1-2H3. The maximum absolute atomic E-state index is 5.58. The van der Waals surface area contributed by atoms with Crippen molar-refractivity contribution in [3.63, 3.8) is 0 Å². The summed E-state index contributed by atoms with van der Waals surface area (Å²) in [5, 5.41) is 0. The molecule has 5 heteroatoms. The molecule has 1 aromatic rings. The van der Waals surface area contributed by atoms with Gasteiger partial charge < -0.3 is 15.4 Å². The molecule has 5 nitrogen and oxygen atoms in total. The van der Waals surface area contributed by atoms with Crippen molar-refractivity contribution in [3.05, 3.63) is 12.3 Å². The topological polar surface area (TPSA) is 64.3 Å². The molecule has 1 aliphatic heterocycles. The van der Waals surface area contributed by atoms with Crippen LogP contribution in [0.15, 0.2) is 12.3 Å². The van der Waals surface area contributed by atoms with Crippen LogP contribution in [0.25, 0.3) is 0 Å². The lowest BCUT2D eigenvalue weighted by Crippen LogP contribution is -2.50. The van der Waals surface area contributed by atoms with Gasteiger partial charge in [-0.05, 0) is 20.4 Å². The van der Waals surface area contributed by atoms with Crippen LogP contribution in [0.4, 0.5) is 5.95 Å². The monoisotopic (exact) mass is 222 g/mol. The summed E-state index contributed by atoms with van der Waals surface area (Å²) >= 11 is 0. The van der Waals surface area contributed by atoms with Crippen molar-refractivity contribution in [2.75, 3.05) is 24.5 Å². The van der Waals surface area contributed by atoms with Gasteiger partial charge in [0.15, 0.2) is 0 Å². The fourth-order valence-electron chi connectivity index (χ4n) is 1.67. The van der Waals surface area contributed by atoms with Gasteiger partial charge in [0.1, 0.15) is 0 Å². The predicted octanol–water partition coefficient (Wildman–Crippen LogP) is 0.659. The van der Waals surface area contributed by atoms with Gasteiger partial charge >= 0.3 is 0 Å². The SMILES string of the molecule is CC(C)Oc1ccnc(N2CC(CN)C2)n1. The number of ether oxygens (including phenoxy) is 1. The molecule has 0 amide bonds. The average molecular weight is 222 g/mol. The first-order chi connectivity index (χ1) is 7.69. The quantitative estimate of drug-likeness (QED) is 0.810. The molecule has 0 unspecified atom stereocenters. The lowest BCUT2D eigenvalue weighted by atomic mass is 10.0. The Balaban J connectivity index is 2.00. The third kappa shape index (κ3) is 2.41. The van der Waals surface area contributed by atoms with Crippen LogP contribution in [0.5, 0.6) is 5.88 Å². The van der Waals surface area contributed by atoms with Gasteiger partial charge in [0, 0.05) is 31.3 Å². The molecule has 0 saturated carbocycles.